The average Bonchev–Trinajstić information content (AvgIpc) is 2.24. The van der Waals surface area contributed by atoms with Crippen molar-refractivity contribution in [2.24, 2.45) is 0 Å². The Morgan fingerprint density at radius 2 is 2.38 bits per heavy atom. The zero-order chi connectivity index (χ0) is 11.6. The van der Waals surface area contributed by atoms with Crippen LogP contribution < -0.4 is 5.32 Å². The van der Waals surface area contributed by atoms with Gasteiger partial charge in [-0.05, 0) is 25.3 Å². The maximum atomic E-state index is 13.3. The van der Waals surface area contributed by atoms with Gasteiger partial charge >= 0.3 is 0 Å². The molecule has 3 nitrogen and oxygen atoms in total. The molecule has 1 aliphatic carbocycles. The van der Waals surface area contributed by atoms with Crippen molar-refractivity contribution in [2.45, 2.75) is 24.8 Å². The second kappa shape index (κ2) is 4.37. The Morgan fingerprint density at radius 3 is 2.88 bits per heavy atom. The highest BCUT2D eigenvalue weighted by Crippen LogP contribution is 2.33. The first-order valence-electron chi connectivity index (χ1n) is 5.15. The first kappa shape index (κ1) is 11.3. The van der Waals surface area contributed by atoms with Crippen LogP contribution in [0.3, 0.4) is 0 Å². The number of halogens is 2. The van der Waals surface area contributed by atoms with E-state index in [-0.39, 0.29) is 11.1 Å². The fourth-order valence-electron chi connectivity index (χ4n) is 1.76. The van der Waals surface area contributed by atoms with Gasteiger partial charge in [-0.25, -0.2) is 4.39 Å². The number of alkyl halides is 1. The lowest BCUT2D eigenvalue weighted by atomic mass is 9.78. The van der Waals surface area contributed by atoms with Gasteiger partial charge in [-0.3, -0.25) is 9.78 Å². The van der Waals surface area contributed by atoms with Crippen molar-refractivity contribution in [2.75, 3.05) is 5.88 Å². The van der Waals surface area contributed by atoms with Crippen molar-refractivity contribution in [1.29, 1.82) is 0 Å². The fourth-order valence-corrected chi connectivity index (χ4v) is 2.10. The number of nitrogens with zero attached hydrogens (tertiary/aromatic N) is 1. The van der Waals surface area contributed by atoms with Crippen LogP contribution in [0.4, 0.5) is 4.39 Å². The predicted octanol–water partition coefficient (Wildman–Crippen LogP) is 2.11. The van der Waals surface area contributed by atoms with E-state index in [0.717, 1.165) is 25.5 Å². The van der Waals surface area contributed by atoms with Crippen LogP contribution in [-0.4, -0.2) is 22.3 Å². The standard InChI is InChI=1S/C11H12ClFN2O/c12-7-11(3-1-4-11)15-10(16)8-2-5-14-6-9(8)13/h2,5-6H,1,3-4,7H2,(H,15,16). The minimum Gasteiger partial charge on any atom is -0.345 e. The molecular formula is C11H12ClFN2O. The van der Waals surface area contributed by atoms with Gasteiger partial charge in [0.2, 0.25) is 0 Å². The van der Waals surface area contributed by atoms with Gasteiger partial charge in [0.05, 0.1) is 17.3 Å². The number of aromatic nitrogens is 1. The SMILES string of the molecule is O=C(NC1(CCl)CCC1)c1ccncc1F. The van der Waals surface area contributed by atoms with Gasteiger partial charge in [-0.15, -0.1) is 11.6 Å². The summed E-state index contributed by atoms with van der Waals surface area (Å²) < 4.78 is 13.3. The summed E-state index contributed by atoms with van der Waals surface area (Å²) in [6.07, 6.45) is 5.19. The number of amides is 1. The third-order valence-electron chi connectivity index (χ3n) is 2.96. The minimum atomic E-state index is -0.607. The highest BCUT2D eigenvalue weighted by Gasteiger charge is 2.37. The first-order chi connectivity index (χ1) is 7.67. The third kappa shape index (κ3) is 2.02. The molecule has 1 aromatic rings. The lowest BCUT2D eigenvalue weighted by Gasteiger charge is -2.40. The summed E-state index contributed by atoms with van der Waals surface area (Å²) in [6.45, 7) is 0. The van der Waals surface area contributed by atoms with Crippen molar-refractivity contribution in [3.05, 3.63) is 29.8 Å². The maximum absolute atomic E-state index is 13.3. The Bertz CT molecular complexity index is 401. The number of carbonyl (C=O) groups excluding carboxylic acids is 1. The van der Waals surface area contributed by atoms with E-state index in [1.807, 2.05) is 0 Å². The third-order valence-corrected chi connectivity index (χ3v) is 3.47. The topological polar surface area (TPSA) is 42.0 Å². The van der Waals surface area contributed by atoms with Gasteiger partial charge in [-0.2, -0.15) is 0 Å². The van der Waals surface area contributed by atoms with Crippen LogP contribution in [0.5, 0.6) is 0 Å². The quantitative estimate of drug-likeness (QED) is 0.825. The molecule has 86 valence electrons. The minimum absolute atomic E-state index is 0.0198. The molecule has 0 spiro atoms. The maximum Gasteiger partial charge on any atom is 0.254 e. The molecule has 0 unspecified atom stereocenters. The monoisotopic (exact) mass is 242 g/mol. The van der Waals surface area contributed by atoms with E-state index in [2.05, 4.69) is 10.3 Å². The number of carbonyl (C=O) groups is 1. The average molecular weight is 243 g/mol. The molecule has 0 aromatic carbocycles. The van der Waals surface area contributed by atoms with E-state index in [4.69, 9.17) is 11.6 Å². The molecule has 1 fully saturated rings. The fraction of sp³-hybridized carbons (Fsp3) is 0.455. The zero-order valence-corrected chi connectivity index (χ0v) is 9.43. The predicted molar refractivity (Wildman–Crippen MR) is 59.0 cm³/mol. The molecule has 16 heavy (non-hydrogen) atoms. The molecular weight excluding hydrogens is 231 g/mol. The highest BCUT2D eigenvalue weighted by molar-refractivity contribution is 6.19. The van der Waals surface area contributed by atoms with Crippen LogP contribution >= 0.6 is 11.6 Å². The van der Waals surface area contributed by atoms with Gasteiger partial charge in [-0.1, -0.05) is 0 Å². The summed E-state index contributed by atoms with van der Waals surface area (Å²) in [5.74, 6) is -0.657. The summed E-state index contributed by atoms with van der Waals surface area (Å²) in [5, 5.41) is 2.80. The lowest BCUT2D eigenvalue weighted by Crippen LogP contribution is -2.55. The molecule has 0 saturated heterocycles. The Balaban J connectivity index is 2.11. The molecule has 1 saturated carbocycles. The number of hydrogen-bond acceptors (Lipinski definition) is 2. The summed E-state index contributed by atoms with van der Waals surface area (Å²) in [5.41, 5.74) is -0.319. The molecule has 0 atom stereocenters. The van der Waals surface area contributed by atoms with E-state index in [1.165, 1.54) is 12.3 Å². The molecule has 1 heterocycles. The molecule has 1 amide bonds. The van der Waals surface area contributed by atoms with Crippen LogP contribution in [0.15, 0.2) is 18.5 Å². The van der Waals surface area contributed by atoms with Crippen LogP contribution in [-0.2, 0) is 0 Å². The van der Waals surface area contributed by atoms with Crippen LogP contribution in [0.25, 0.3) is 0 Å². The van der Waals surface area contributed by atoms with E-state index in [1.54, 1.807) is 0 Å². The lowest BCUT2D eigenvalue weighted by molar-refractivity contribution is 0.0849. The molecule has 1 aromatic heterocycles. The first-order valence-corrected chi connectivity index (χ1v) is 5.68. The van der Waals surface area contributed by atoms with E-state index >= 15 is 0 Å². The molecule has 1 aliphatic rings. The normalized spacial score (nSPS) is 17.6. The molecule has 1 N–H and O–H groups in total. The second-order valence-corrected chi connectivity index (χ2v) is 4.34. The van der Waals surface area contributed by atoms with E-state index < -0.39 is 11.7 Å². The zero-order valence-electron chi connectivity index (χ0n) is 8.67. The Kier molecular flexibility index (Phi) is 3.10. The molecule has 2 rings (SSSR count). The van der Waals surface area contributed by atoms with E-state index in [9.17, 15) is 9.18 Å². The second-order valence-electron chi connectivity index (χ2n) is 4.08. The van der Waals surface area contributed by atoms with Crippen LogP contribution in [0, 0.1) is 5.82 Å². The number of hydrogen-bond donors (Lipinski definition) is 1. The van der Waals surface area contributed by atoms with E-state index in [0.29, 0.717) is 5.88 Å². The van der Waals surface area contributed by atoms with Crippen LogP contribution in [0.1, 0.15) is 29.6 Å². The Morgan fingerprint density at radius 1 is 1.62 bits per heavy atom. The van der Waals surface area contributed by atoms with Crippen molar-refractivity contribution in [3.63, 3.8) is 0 Å². The summed E-state index contributed by atoms with van der Waals surface area (Å²) in [4.78, 5) is 15.4. The Labute approximate surface area is 98.0 Å². The number of nitrogens with one attached hydrogen (secondary N) is 1. The van der Waals surface area contributed by atoms with Gasteiger partial charge in [0, 0.05) is 12.1 Å². The molecule has 0 radical (unpaired) electrons. The largest absolute Gasteiger partial charge is 0.345 e. The molecule has 5 heteroatoms. The van der Waals surface area contributed by atoms with Crippen molar-refractivity contribution in [1.82, 2.24) is 10.3 Å². The van der Waals surface area contributed by atoms with Gasteiger partial charge < -0.3 is 5.32 Å². The highest BCUT2D eigenvalue weighted by atomic mass is 35.5. The molecule has 0 bridgehead atoms. The van der Waals surface area contributed by atoms with Crippen molar-refractivity contribution < 1.29 is 9.18 Å². The van der Waals surface area contributed by atoms with Crippen molar-refractivity contribution >= 4 is 17.5 Å². The van der Waals surface area contributed by atoms with Crippen molar-refractivity contribution in [3.8, 4) is 0 Å². The summed E-state index contributed by atoms with van der Waals surface area (Å²) in [6, 6.07) is 1.37. The smallest absolute Gasteiger partial charge is 0.254 e. The van der Waals surface area contributed by atoms with Gasteiger partial charge in [0.15, 0.2) is 5.82 Å². The Hall–Kier alpha value is -1.16. The van der Waals surface area contributed by atoms with Gasteiger partial charge in [0.25, 0.3) is 5.91 Å². The van der Waals surface area contributed by atoms with Crippen LogP contribution in [0.2, 0.25) is 0 Å². The number of rotatable bonds is 3. The summed E-state index contributed by atoms with van der Waals surface area (Å²) in [7, 11) is 0. The number of pyridine rings is 1. The van der Waals surface area contributed by atoms with Gasteiger partial charge in [0.1, 0.15) is 0 Å². The summed E-state index contributed by atoms with van der Waals surface area (Å²) >= 11 is 5.81. The molecule has 0 aliphatic heterocycles.